The van der Waals surface area contributed by atoms with Gasteiger partial charge in [-0.3, -0.25) is 0 Å². The van der Waals surface area contributed by atoms with Gasteiger partial charge >= 0.3 is 0 Å². The van der Waals surface area contributed by atoms with E-state index in [1.807, 2.05) is 0 Å². The standard InChI is InChI=1S/C22H31N/c1-5-6-10-18(2)20(15-16-23(3)4)17-21-13-9-12-19-11-7-8-14-22(19)21/h5-9,11-14,18,20H,10,15-17H2,1-4H3/b6-5-. The van der Waals surface area contributed by atoms with Gasteiger partial charge in [0.15, 0.2) is 0 Å². The van der Waals surface area contributed by atoms with Crippen LogP contribution in [0.15, 0.2) is 54.6 Å². The summed E-state index contributed by atoms with van der Waals surface area (Å²) in [5.74, 6) is 1.43. The van der Waals surface area contributed by atoms with Gasteiger partial charge in [0, 0.05) is 0 Å². The van der Waals surface area contributed by atoms with E-state index >= 15 is 0 Å². The summed E-state index contributed by atoms with van der Waals surface area (Å²) in [6.45, 7) is 5.69. The van der Waals surface area contributed by atoms with Gasteiger partial charge in [0.1, 0.15) is 0 Å². The Kier molecular flexibility index (Phi) is 6.85. The summed E-state index contributed by atoms with van der Waals surface area (Å²) in [7, 11) is 4.34. The average Bonchev–Trinajstić information content (AvgIpc) is 2.56. The number of allylic oxidation sites excluding steroid dienone is 2. The maximum Gasteiger partial charge on any atom is -0.00220 e. The van der Waals surface area contributed by atoms with Gasteiger partial charge in [-0.15, -0.1) is 0 Å². The molecule has 23 heavy (non-hydrogen) atoms. The van der Waals surface area contributed by atoms with Crippen molar-refractivity contribution in [1.82, 2.24) is 4.90 Å². The molecular formula is C22H31N. The van der Waals surface area contributed by atoms with Crippen LogP contribution in [0, 0.1) is 11.8 Å². The summed E-state index contributed by atoms with van der Waals surface area (Å²) < 4.78 is 0. The summed E-state index contributed by atoms with van der Waals surface area (Å²) in [5, 5.41) is 2.78. The lowest BCUT2D eigenvalue weighted by Gasteiger charge is -2.25. The van der Waals surface area contributed by atoms with Crippen LogP contribution in [0.1, 0.15) is 32.3 Å². The molecule has 0 fully saturated rings. The minimum Gasteiger partial charge on any atom is -0.309 e. The van der Waals surface area contributed by atoms with E-state index in [0.717, 1.165) is 12.5 Å². The first kappa shape index (κ1) is 17.7. The highest BCUT2D eigenvalue weighted by Crippen LogP contribution is 2.28. The smallest absolute Gasteiger partial charge is 0.00220 e. The van der Waals surface area contributed by atoms with Crippen molar-refractivity contribution in [1.29, 1.82) is 0 Å². The van der Waals surface area contributed by atoms with E-state index in [1.165, 1.54) is 35.6 Å². The first-order valence-electron chi connectivity index (χ1n) is 8.84. The Bertz CT molecular complexity index is 621. The third-order valence-corrected chi connectivity index (χ3v) is 4.86. The molecule has 2 atom stereocenters. The molecule has 2 unspecified atom stereocenters. The molecule has 1 heteroatoms. The van der Waals surface area contributed by atoms with E-state index in [0.29, 0.717) is 5.92 Å². The fourth-order valence-electron chi connectivity index (χ4n) is 3.31. The Balaban J connectivity index is 2.20. The molecule has 0 spiro atoms. The Hall–Kier alpha value is -1.60. The topological polar surface area (TPSA) is 3.24 Å². The van der Waals surface area contributed by atoms with Crippen molar-refractivity contribution in [3.63, 3.8) is 0 Å². The fourth-order valence-corrected chi connectivity index (χ4v) is 3.31. The van der Waals surface area contributed by atoms with Gasteiger partial charge in [-0.1, -0.05) is 61.5 Å². The third-order valence-electron chi connectivity index (χ3n) is 4.86. The lowest BCUT2D eigenvalue weighted by Crippen LogP contribution is -2.22. The minimum atomic E-state index is 0.713. The molecule has 0 aromatic heterocycles. The highest BCUT2D eigenvalue weighted by Gasteiger charge is 2.18. The van der Waals surface area contributed by atoms with Crippen molar-refractivity contribution in [3.05, 3.63) is 60.2 Å². The Morgan fingerprint density at radius 2 is 1.78 bits per heavy atom. The van der Waals surface area contributed by atoms with Gasteiger partial charge in [0.05, 0.1) is 0 Å². The number of fused-ring (bicyclic) bond motifs is 1. The van der Waals surface area contributed by atoms with Crippen LogP contribution in [0.2, 0.25) is 0 Å². The molecule has 0 aliphatic carbocycles. The van der Waals surface area contributed by atoms with Crippen molar-refractivity contribution < 1.29 is 0 Å². The molecule has 2 aromatic rings. The van der Waals surface area contributed by atoms with Crippen LogP contribution in [-0.2, 0) is 6.42 Å². The molecule has 0 aliphatic heterocycles. The first-order chi connectivity index (χ1) is 11.1. The van der Waals surface area contributed by atoms with Crippen molar-refractivity contribution in [3.8, 4) is 0 Å². The highest BCUT2D eigenvalue weighted by molar-refractivity contribution is 5.85. The molecular weight excluding hydrogens is 278 g/mol. The minimum absolute atomic E-state index is 0.713. The predicted octanol–water partition coefficient (Wildman–Crippen LogP) is 5.55. The zero-order chi connectivity index (χ0) is 16.7. The second-order valence-electron chi connectivity index (χ2n) is 6.98. The van der Waals surface area contributed by atoms with E-state index in [-0.39, 0.29) is 0 Å². The molecule has 1 nitrogen and oxygen atoms in total. The summed E-state index contributed by atoms with van der Waals surface area (Å²) in [6.07, 6.45) is 8.11. The number of hydrogen-bond donors (Lipinski definition) is 0. The normalized spacial score (nSPS) is 14.7. The second-order valence-corrected chi connectivity index (χ2v) is 6.98. The Labute approximate surface area is 142 Å². The van der Waals surface area contributed by atoms with Crippen LogP contribution in [-0.4, -0.2) is 25.5 Å². The van der Waals surface area contributed by atoms with Crippen molar-refractivity contribution >= 4 is 10.8 Å². The Morgan fingerprint density at radius 1 is 1.04 bits per heavy atom. The van der Waals surface area contributed by atoms with E-state index in [1.54, 1.807) is 0 Å². The molecule has 2 rings (SSSR count). The SMILES string of the molecule is C/C=C\CC(C)C(CCN(C)C)Cc1cccc2ccccc12. The van der Waals surface area contributed by atoms with Crippen LogP contribution in [0.4, 0.5) is 0 Å². The van der Waals surface area contributed by atoms with Crippen molar-refractivity contribution in [2.75, 3.05) is 20.6 Å². The van der Waals surface area contributed by atoms with E-state index in [2.05, 4.69) is 87.5 Å². The van der Waals surface area contributed by atoms with Gasteiger partial charge in [-0.05, 0) is 75.0 Å². The largest absolute Gasteiger partial charge is 0.309 e. The highest BCUT2D eigenvalue weighted by atomic mass is 15.0. The molecule has 0 saturated carbocycles. The average molecular weight is 309 g/mol. The number of benzene rings is 2. The second kappa shape index (κ2) is 8.88. The lowest BCUT2D eigenvalue weighted by atomic mass is 9.82. The number of rotatable bonds is 8. The zero-order valence-electron chi connectivity index (χ0n) is 15.1. The van der Waals surface area contributed by atoms with Gasteiger partial charge in [0.25, 0.3) is 0 Å². The Morgan fingerprint density at radius 3 is 2.52 bits per heavy atom. The van der Waals surface area contributed by atoms with Gasteiger partial charge in [0.2, 0.25) is 0 Å². The van der Waals surface area contributed by atoms with Crippen LogP contribution in [0.25, 0.3) is 10.8 Å². The number of nitrogens with zero attached hydrogens (tertiary/aromatic N) is 1. The third kappa shape index (κ3) is 5.21. The van der Waals surface area contributed by atoms with E-state index < -0.39 is 0 Å². The quantitative estimate of drug-likeness (QED) is 0.578. The summed E-state index contributed by atoms with van der Waals surface area (Å²) >= 11 is 0. The molecule has 0 bridgehead atoms. The molecule has 0 N–H and O–H groups in total. The summed E-state index contributed by atoms with van der Waals surface area (Å²) in [4.78, 5) is 2.30. The molecule has 0 aliphatic rings. The molecule has 0 amide bonds. The first-order valence-corrected chi connectivity index (χ1v) is 8.84. The lowest BCUT2D eigenvalue weighted by molar-refractivity contribution is 0.285. The predicted molar refractivity (Wildman–Crippen MR) is 103 cm³/mol. The van der Waals surface area contributed by atoms with Crippen LogP contribution < -0.4 is 0 Å². The summed E-state index contributed by atoms with van der Waals surface area (Å²) in [6, 6.07) is 15.5. The molecule has 0 saturated heterocycles. The summed E-state index contributed by atoms with van der Waals surface area (Å²) in [5.41, 5.74) is 1.50. The van der Waals surface area contributed by atoms with Crippen LogP contribution >= 0.6 is 0 Å². The maximum absolute atomic E-state index is 2.41. The maximum atomic E-state index is 2.41. The van der Waals surface area contributed by atoms with Crippen LogP contribution in [0.5, 0.6) is 0 Å². The monoisotopic (exact) mass is 309 g/mol. The molecule has 124 valence electrons. The molecule has 2 aromatic carbocycles. The van der Waals surface area contributed by atoms with E-state index in [9.17, 15) is 0 Å². The van der Waals surface area contributed by atoms with E-state index in [4.69, 9.17) is 0 Å². The fraction of sp³-hybridized carbons (Fsp3) is 0.455. The van der Waals surface area contributed by atoms with Crippen molar-refractivity contribution in [2.24, 2.45) is 11.8 Å². The van der Waals surface area contributed by atoms with Gasteiger partial charge in [-0.2, -0.15) is 0 Å². The number of hydrogen-bond acceptors (Lipinski definition) is 1. The van der Waals surface area contributed by atoms with Gasteiger partial charge in [-0.25, -0.2) is 0 Å². The van der Waals surface area contributed by atoms with Crippen LogP contribution in [0.3, 0.4) is 0 Å². The zero-order valence-corrected chi connectivity index (χ0v) is 15.1. The van der Waals surface area contributed by atoms with Gasteiger partial charge < -0.3 is 4.90 Å². The molecule has 0 heterocycles. The molecule has 0 radical (unpaired) electrons. The van der Waals surface area contributed by atoms with Crippen molar-refractivity contribution in [2.45, 2.75) is 33.1 Å².